The summed E-state index contributed by atoms with van der Waals surface area (Å²) < 4.78 is 5.56. The number of hydrogen-bond donors (Lipinski definition) is 1. The molecule has 0 saturated carbocycles. The largest absolute Gasteiger partial charge is 0.444 e. The molecule has 1 aliphatic heterocycles. The van der Waals surface area contributed by atoms with E-state index in [1.807, 2.05) is 25.7 Å². The first-order valence-corrected chi connectivity index (χ1v) is 8.98. The molecule has 0 aliphatic carbocycles. The highest BCUT2D eigenvalue weighted by Gasteiger charge is 2.31. The van der Waals surface area contributed by atoms with Gasteiger partial charge >= 0.3 is 6.09 Å². The highest BCUT2D eigenvalue weighted by molar-refractivity contribution is 5.68. The van der Waals surface area contributed by atoms with Crippen LogP contribution in [0.2, 0.25) is 0 Å². The third-order valence-electron chi connectivity index (χ3n) is 4.15. The predicted octanol–water partition coefficient (Wildman–Crippen LogP) is 3.95. The number of rotatable bonds is 6. The Kier molecular flexibility index (Phi) is 7.91. The summed E-state index contributed by atoms with van der Waals surface area (Å²) in [4.78, 5) is 14.4. The lowest BCUT2D eigenvalue weighted by molar-refractivity contribution is 0.00784. The average Bonchev–Trinajstić information content (AvgIpc) is 2.45. The van der Waals surface area contributed by atoms with Crippen molar-refractivity contribution in [1.29, 1.82) is 0 Å². The Morgan fingerprint density at radius 1 is 1.43 bits per heavy atom. The number of terminal acetylenes is 1. The lowest BCUT2D eigenvalue weighted by Crippen LogP contribution is -2.49. The second kappa shape index (κ2) is 9.17. The van der Waals surface area contributed by atoms with Crippen molar-refractivity contribution in [2.24, 2.45) is 0 Å². The fourth-order valence-electron chi connectivity index (χ4n) is 3.13. The topological polar surface area (TPSA) is 41.6 Å². The van der Waals surface area contributed by atoms with Crippen molar-refractivity contribution >= 4 is 6.09 Å². The summed E-state index contributed by atoms with van der Waals surface area (Å²) in [6.07, 6.45) is 11.6. The second-order valence-electron chi connectivity index (χ2n) is 7.63. The van der Waals surface area contributed by atoms with Crippen molar-refractivity contribution in [3.8, 4) is 12.3 Å². The number of piperidine rings is 1. The molecule has 1 aliphatic rings. The summed E-state index contributed by atoms with van der Waals surface area (Å²) in [5.41, 5.74) is -0.446. The Bertz CT molecular complexity index is 409. The zero-order chi connectivity index (χ0) is 17.5. The van der Waals surface area contributed by atoms with Crippen LogP contribution in [-0.4, -0.2) is 41.3 Å². The maximum Gasteiger partial charge on any atom is 0.410 e. The van der Waals surface area contributed by atoms with E-state index in [1.165, 1.54) is 6.42 Å². The zero-order valence-electron chi connectivity index (χ0n) is 15.5. The van der Waals surface area contributed by atoms with E-state index in [9.17, 15) is 4.79 Å². The lowest BCUT2D eigenvalue weighted by atomic mass is 9.96. The molecular formula is C19H34N2O2. The van der Waals surface area contributed by atoms with Gasteiger partial charge in [0.05, 0.1) is 6.04 Å². The van der Waals surface area contributed by atoms with E-state index in [4.69, 9.17) is 11.2 Å². The number of nitrogens with one attached hydrogen (secondary N) is 1. The van der Waals surface area contributed by atoms with Crippen molar-refractivity contribution in [2.75, 3.05) is 6.54 Å². The van der Waals surface area contributed by atoms with Gasteiger partial charge in [0, 0.05) is 18.6 Å². The number of ether oxygens (including phenoxy) is 1. The van der Waals surface area contributed by atoms with Crippen LogP contribution in [0.1, 0.15) is 73.1 Å². The van der Waals surface area contributed by atoms with Gasteiger partial charge in [-0.25, -0.2) is 4.79 Å². The molecule has 0 aromatic carbocycles. The molecule has 132 valence electrons. The van der Waals surface area contributed by atoms with E-state index in [0.717, 1.165) is 38.6 Å². The summed E-state index contributed by atoms with van der Waals surface area (Å²) in [5, 5.41) is 3.51. The molecule has 0 aromatic heterocycles. The molecule has 0 aromatic rings. The number of carbonyl (C=O) groups is 1. The first-order chi connectivity index (χ1) is 10.8. The fourth-order valence-corrected chi connectivity index (χ4v) is 3.13. The molecule has 0 bridgehead atoms. The smallest absolute Gasteiger partial charge is 0.410 e. The highest BCUT2D eigenvalue weighted by atomic mass is 16.6. The van der Waals surface area contributed by atoms with Crippen LogP contribution in [0.3, 0.4) is 0 Å². The molecular weight excluding hydrogens is 288 g/mol. The molecule has 3 unspecified atom stereocenters. The molecule has 1 amide bonds. The predicted molar refractivity (Wildman–Crippen MR) is 95.3 cm³/mol. The SMILES string of the molecule is C#CC(CCC)NC(C)CC1CCCCN1C(=O)OC(C)(C)C. The van der Waals surface area contributed by atoms with Crippen LogP contribution < -0.4 is 5.32 Å². The van der Waals surface area contributed by atoms with E-state index in [1.54, 1.807) is 0 Å². The molecule has 4 nitrogen and oxygen atoms in total. The third-order valence-corrected chi connectivity index (χ3v) is 4.15. The van der Waals surface area contributed by atoms with Gasteiger partial charge in [0.15, 0.2) is 0 Å². The van der Waals surface area contributed by atoms with Gasteiger partial charge in [0.25, 0.3) is 0 Å². The molecule has 0 radical (unpaired) electrons. The average molecular weight is 322 g/mol. The molecule has 1 N–H and O–H groups in total. The summed E-state index contributed by atoms with van der Waals surface area (Å²) >= 11 is 0. The standard InChI is InChI=1S/C19H34N2O2/c1-7-11-16(8-2)20-15(3)14-17-12-9-10-13-21(17)18(22)23-19(4,5)6/h2,15-17,20H,7,9-14H2,1,3-6H3. The summed E-state index contributed by atoms with van der Waals surface area (Å²) in [6, 6.07) is 0.644. The van der Waals surface area contributed by atoms with Gasteiger partial charge in [-0.15, -0.1) is 6.42 Å². The summed E-state index contributed by atoms with van der Waals surface area (Å²) in [5.74, 6) is 2.82. The maximum absolute atomic E-state index is 12.4. The number of hydrogen-bond acceptors (Lipinski definition) is 3. The van der Waals surface area contributed by atoms with Gasteiger partial charge in [-0.3, -0.25) is 0 Å². The maximum atomic E-state index is 12.4. The zero-order valence-corrected chi connectivity index (χ0v) is 15.5. The quantitative estimate of drug-likeness (QED) is 0.753. The van der Waals surface area contributed by atoms with Crippen molar-refractivity contribution in [3.63, 3.8) is 0 Å². The van der Waals surface area contributed by atoms with Gasteiger partial charge < -0.3 is 15.0 Å². The van der Waals surface area contributed by atoms with Gasteiger partial charge in [0.2, 0.25) is 0 Å². The van der Waals surface area contributed by atoms with Gasteiger partial charge in [-0.2, -0.15) is 0 Å². The van der Waals surface area contributed by atoms with E-state index in [2.05, 4.69) is 25.1 Å². The Labute approximate surface area is 142 Å². The van der Waals surface area contributed by atoms with Crippen molar-refractivity contribution in [2.45, 2.75) is 96.9 Å². The minimum Gasteiger partial charge on any atom is -0.444 e. The van der Waals surface area contributed by atoms with Crippen molar-refractivity contribution in [3.05, 3.63) is 0 Å². The molecule has 1 rings (SSSR count). The van der Waals surface area contributed by atoms with Crippen LogP contribution in [0.25, 0.3) is 0 Å². The van der Waals surface area contributed by atoms with E-state index in [0.29, 0.717) is 0 Å². The van der Waals surface area contributed by atoms with Crippen LogP contribution in [-0.2, 0) is 4.74 Å². The van der Waals surface area contributed by atoms with E-state index in [-0.39, 0.29) is 24.2 Å². The number of carbonyl (C=O) groups excluding carboxylic acids is 1. The van der Waals surface area contributed by atoms with Crippen LogP contribution in [0.5, 0.6) is 0 Å². The Hall–Kier alpha value is -1.21. The number of likely N-dealkylation sites (tertiary alicyclic amines) is 1. The van der Waals surface area contributed by atoms with Crippen LogP contribution in [0.15, 0.2) is 0 Å². The minimum absolute atomic E-state index is 0.119. The molecule has 0 spiro atoms. The molecule has 3 atom stereocenters. The van der Waals surface area contributed by atoms with E-state index >= 15 is 0 Å². The molecule has 23 heavy (non-hydrogen) atoms. The lowest BCUT2D eigenvalue weighted by Gasteiger charge is -2.38. The normalized spacial score (nSPS) is 21.4. The summed E-state index contributed by atoms with van der Waals surface area (Å²) in [7, 11) is 0. The Morgan fingerprint density at radius 3 is 2.70 bits per heavy atom. The molecule has 1 heterocycles. The van der Waals surface area contributed by atoms with Crippen LogP contribution in [0.4, 0.5) is 4.79 Å². The van der Waals surface area contributed by atoms with Gasteiger partial charge in [-0.1, -0.05) is 19.3 Å². The van der Waals surface area contributed by atoms with Crippen molar-refractivity contribution in [1.82, 2.24) is 10.2 Å². The van der Waals surface area contributed by atoms with Crippen LogP contribution in [0, 0.1) is 12.3 Å². The van der Waals surface area contributed by atoms with Crippen LogP contribution >= 0.6 is 0 Å². The number of nitrogens with zero attached hydrogens (tertiary/aromatic N) is 1. The monoisotopic (exact) mass is 322 g/mol. The first kappa shape index (κ1) is 19.8. The Morgan fingerprint density at radius 2 is 2.13 bits per heavy atom. The first-order valence-electron chi connectivity index (χ1n) is 8.98. The molecule has 1 saturated heterocycles. The van der Waals surface area contributed by atoms with Gasteiger partial charge in [-0.05, 0) is 59.8 Å². The van der Waals surface area contributed by atoms with Crippen molar-refractivity contribution < 1.29 is 9.53 Å². The Balaban J connectivity index is 2.60. The third kappa shape index (κ3) is 7.26. The fraction of sp³-hybridized carbons (Fsp3) is 0.842. The van der Waals surface area contributed by atoms with Gasteiger partial charge in [0.1, 0.15) is 5.60 Å². The molecule has 4 heteroatoms. The highest BCUT2D eigenvalue weighted by Crippen LogP contribution is 2.23. The second-order valence-corrected chi connectivity index (χ2v) is 7.63. The van der Waals surface area contributed by atoms with E-state index < -0.39 is 5.60 Å². The summed E-state index contributed by atoms with van der Waals surface area (Å²) in [6.45, 7) is 10.8. The minimum atomic E-state index is -0.446. The molecule has 1 fully saturated rings. The number of amides is 1.